The molecule has 9 heteroatoms. The average molecular weight is 620 g/mol. The van der Waals surface area contributed by atoms with E-state index in [2.05, 4.69) is 13.2 Å². The van der Waals surface area contributed by atoms with Crippen molar-refractivity contribution in [1.82, 2.24) is 4.90 Å². The Morgan fingerprint density at radius 3 is 2.36 bits per heavy atom. The van der Waals surface area contributed by atoms with Gasteiger partial charge in [0.25, 0.3) is 5.91 Å². The maximum absolute atomic E-state index is 15.0. The van der Waals surface area contributed by atoms with E-state index >= 15 is 0 Å². The maximum Gasteiger partial charge on any atom is 0.253 e. The Labute approximate surface area is 264 Å². The summed E-state index contributed by atoms with van der Waals surface area (Å²) in [6, 6.07) is 13.0. The third-order valence-electron chi connectivity index (χ3n) is 10.0. The summed E-state index contributed by atoms with van der Waals surface area (Å²) >= 11 is 6.68. The number of aliphatic hydroxyl groups is 1. The van der Waals surface area contributed by atoms with Gasteiger partial charge in [0, 0.05) is 18.8 Å². The summed E-state index contributed by atoms with van der Waals surface area (Å²) in [5, 5.41) is 10.9. The van der Waals surface area contributed by atoms with Crippen molar-refractivity contribution in [2.24, 2.45) is 17.8 Å². The van der Waals surface area contributed by atoms with Crippen LogP contribution in [-0.4, -0.2) is 70.7 Å². The minimum absolute atomic E-state index is 0.138. The van der Waals surface area contributed by atoms with Crippen LogP contribution in [0.5, 0.6) is 0 Å². The van der Waals surface area contributed by atoms with Gasteiger partial charge in [-0.3, -0.25) is 14.4 Å². The summed E-state index contributed by atoms with van der Waals surface area (Å²) in [5.74, 6) is -2.88. The Hall–Kier alpha value is -3.46. The van der Waals surface area contributed by atoms with Gasteiger partial charge in [-0.1, -0.05) is 67.9 Å². The minimum Gasteiger partial charge on any atom is -0.394 e. The standard InChI is InChI=1S/C35H42ClN3O5/c1-7-18-37(25-15-11-10-12-16-25)31(41)27-28-32(42)39(24(9-3)21-40)30(35(28)20-23(5)34(27,6)44-35)33(43)38(19-8-2)29-22(4)14-13-17-26(29)36/h7-8,10-17,23-24,27-28,30,40H,1-2,9,18-21H2,3-6H3/t23?,24-,27-,28-,30?,34+,35?/m0/s1. The summed E-state index contributed by atoms with van der Waals surface area (Å²) in [7, 11) is 0. The van der Waals surface area contributed by atoms with Crippen LogP contribution in [0.1, 0.15) is 39.2 Å². The number of aliphatic hydroxyl groups excluding tert-OH is 1. The van der Waals surface area contributed by atoms with Crippen LogP contribution in [0, 0.1) is 24.7 Å². The molecule has 2 aromatic carbocycles. The van der Waals surface area contributed by atoms with Crippen LogP contribution in [0.3, 0.4) is 0 Å². The number of para-hydroxylation sites is 2. The molecule has 2 aromatic rings. The number of aryl methyl sites for hydroxylation is 1. The quantitative estimate of drug-likeness (QED) is 0.351. The molecule has 3 fully saturated rings. The van der Waals surface area contributed by atoms with Crippen molar-refractivity contribution >= 4 is 40.7 Å². The summed E-state index contributed by atoms with van der Waals surface area (Å²) in [4.78, 5) is 49.0. The van der Waals surface area contributed by atoms with Crippen molar-refractivity contribution in [3.05, 3.63) is 84.4 Å². The molecular formula is C35H42ClN3O5. The lowest BCUT2D eigenvalue weighted by molar-refractivity contribution is -0.149. The first-order chi connectivity index (χ1) is 21.0. The van der Waals surface area contributed by atoms with Gasteiger partial charge < -0.3 is 24.5 Å². The molecule has 234 valence electrons. The molecule has 0 radical (unpaired) electrons. The van der Waals surface area contributed by atoms with Crippen molar-refractivity contribution in [2.75, 3.05) is 29.5 Å². The van der Waals surface area contributed by atoms with Crippen molar-refractivity contribution in [1.29, 1.82) is 0 Å². The van der Waals surface area contributed by atoms with Gasteiger partial charge in [-0.05, 0) is 56.4 Å². The SMILES string of the molecule is C=CCN(C(=O)[C@@H]1[C@H]2C(=O)N([C@@H](CC)CO)C(C(=O)N(CC=C)c3c(C)cccc3Cl)C23CC(C)[C@@]1(C)O3)c1ccccc1. The van der Waals surface area contributed by atoms with Crippen LogP contribution >= 0.6 is 11.6 Å². The van der Waals surface area contributed by atoms with Gasteiger partial charge in [-0.15, -0.1) is 13.2 Å². The van der Waals surface area contributed by atoms with Crippen molar-refractivity contribution in [3.63, 3.8) is 0 Å². The van der Waals surface area contributed by atoms with E-state index in [0.717, 1.165) is 5.56 Å². The number of hydrogen-bond acceptors (Lipinski definition) is 5. The molecule has 3 amide bonds. The van der Waals surface area contributed by atoms with Crippen molar-refractivity contribution < 1.29 is 24.2 Å². The molecule has 5 rings (SSSR count). The summed E-state index contributed by atoms with van der Waals surface area (Å²) in [6.07, 6.45) is 4.11. The van der Waals surface area contributed by atoms with Crippen LogP contribution in [0.2, 0.25) is 5.02 Å². The molecule has 2 bridgehead atoms. The van der Waals surface area contributed by atoms with Gasteiger partial charge in [0.05, 0.1) is 40.8 Å². The zero-order valence-corrected chi connectivity index (χ0v) is 26.7. The Balaban J connectivity index is 1.68. The van der Waals surface area contributed by atoms with Gasteiger partial charge in [-0.2, -0.15) is 0 Å². The highest BCUT2D eigenvalue weighted by Crippen LogP contribution is 2.66. The smallest absolute Gasteiger partial charge is 0.253 e. The number of hydrogen-bond donors (Lipinski definition) is 1. The van der Waals surface area contributed by atoms with E-state index in [9.17, 15) is 19.5 Å². The number of benzene rings is 2. The van der Waals surface area contributed by atoms with E-state index < -0.39 is 35.1 Å². The number of halogens is 1. The van der Waals surface area contributed by atoms with Gasteiger partial charge in [0.1, 0.15) is 11.6 Å². The lowest BCUT2D eigenvalue weighted by Crippen LogP contribution is -2.59. The Kier molecular flexibility index (Phi) is 8.82. The molecule has 1 N–H and O–H groups in total. The van der Waals surface area contributed by atoms with E-state index in [0.29, 0.717) is 29.2 Å². The van der Waals surface area contributed by atoms with E-state index in [-0.39, 0.29) is 43.3 Å². The van der Waals surface area contributed by atoms with Crippen LogP contribution in [-0.2, 0) is 19.1 Å². The number of nitrogens with zero attached hydrogens (tertiary/aromatic N) is 3. The maximum atomic E-state index is 15.0. The summed E-state index contributed by atoms with van der Waals surface area (Å²) < 4.78 is 6.96. The lowest BCUT2D eigenvalue weighted by atomic mass is 9.62. The van der Waals surface area contributed by atoms with Crippen LogP contribution < -0.4 is 9.80 Å². The van der Waals surface area contributed by atoms with Crippen molar-refractivity contribution in [3.8, 4) is 0 Å². The Morgan fingerprint density at radius 1 is 1.11 bits per heavy atom. The number of rotatable bonds is 11. The van der Waals surface area contributed by atoms with E-state index in [1.54, 1.807) is 28.0 Å². The fourth-order valence-corrected chi connectivity index (χ4v) is 8.22. The molecule has 1 spiro atoms. The van der Waals surface area contributed by atoms with Crippen molar-refractivity contribution in [2.45, 2.75) is 63.8 Å². The van der Waals surface area contributed by atoms with E-state index in [1.807, 2.05) is 70.2 Å². The van der Waals surface area contributed by atoms with Gasteiger partial charge in [0.15, 0.2) is 0 Å². The van der Waals surface area contributed by atoms with E-state index in [1.165, 1.54) is 4.90 Å². The van der Waals surface area contributed by atoms with Gasteiger partial charge in [0.2, 0.25) is 11.8 Å². The van der Waals surface area contributed by atoms with Gasteiger partial charge in [-0.25, -0.2) is 0 Å². The minimum atomic E-state index is -1.28. The first-order valence-electron chi connectivity index (χ1n) is 15.3. The molecule has 3 aliphatic rings. The van der Waals surface area contributed by atoms with Crippen LogP contribution in [0.4, 0.5) is 11.4 Å². The molecule has 3 saturated heterocycles. The highest BCUT2D eigenvalue weighted by atomic mass is 35.5. The van der Waals surface area contributed by atoms with Crippen LogP contribution in [0.15, 0.2) is 73.8 Å². The number of likely N-dealkylation sites (tertiary alicyclic amines) is 1. The summed E-state index contributed by atoms with van der Waals surface area (Å²) in [6.45, 7) is 15.5. The molecule has 3 unspecified atom stereocenters. The highest BCUT2D eigenvalue weighted by molar-refractivity contribution is 6.34. The fraction of sp³-hybridized carbons (Fsp3) is 0.457. The number of amides is 3. The van der Waals surface area contributed by atoms with E-state index in [4.69, 9.17) is 16.3 Å². The third kappa shape index (κ3) is 4.70. The largest absolute Gasteiger partial charge is 0.394 e. The van der Waals surface area contributed by atoms with Crippen LogP contribution in [0.25, 0.3) is 0 Å². The molecule has 0 aromatic heterocycles. The Morgan fingerprint density at radius 2 is 1.77 bits per heavy atom. The first-order valence-corrected chi connectivity index (χ1v) is 15.7. The predicted molar refractivity (Wildman–Crippen MR) is 173 cm³/mol. The number of fused-ring (bicyclic) bond motifs is 1. The second-order valence-corrected chi connectivity index (χ2v) is 12.8. The number of carbonyl (C=O) groups excluding carboxylic acids is 3. The molecule has 0 saturated carbocycles. The third-order valence-corrected chi connectivity index (χ3v) is 10.3. The fourth-order valence-electron chi connectivity index (χ4n) is 7.90. The Bertz CT molecular complexity index is 1440. The molecular weight excluding hydrogens is 578 g/mol. The monoisotopic (exact) mass is 619 g/mol. The number of anilines is 2. The molecule has 7 atom stereocenters. The second-order valence-electron chi connectivity index (χ2n) is 12.4. The number of ether oxygens (including phenoxy) is 1. The zero-order valence-electron chi connectivity index (χ0n) is 25.9. The summed E-state index contributed by atoms with van der Waals surface area (Å²) in [5.41, 5.74) is -0.269. The molecule has 0 aliphatic carbocycles. The zero-order chi connectivity index (χ0) is 32.0. The highest BCUT2D eigenvalue weighted by Gasteiger charge is 2.80. The normalized spacial score (nSPS) is 29.3. The molecule has 3 heterocycles. The number of carbonyl (C=O) groups is 3. The average Bonchev–Trinajstić information content (AvgIpc) is 3.52. The second kappa shape index (κ2) is 12.1. The molecule has 8 nitrogen and oxygen atoms in total. The lowest BCUT2D eigenvalue weighted by Gasteiger charge is -2.39. The first kappa shape index (κ1) is 31.9. The topological polar surface area (TPSA) is 90.4 Å². The predicted octanol–water partition coefficient (Wildman–Crippen LogP) is 5.17. The van der Waals surface area contributed by atoms with Gasteiger partial charge >= 0.3 is 0 Å². The molecule has 3 aliphatic heterocycles. The molecule has 44 heavy (non-hydrogen) atoms.